The van der Waals surface area contributed by atoms with Crippen LogP contribution in [0.25, 0.3) is 93.5 Å². The largest absolute Gasteiger partial charge is 0.309 e. The van der Waals surface area contributed by atoms with E-state index in [9.17, 15) is 0 Å². The molecule has 208 valence electrons. The molecular formula is C44H27N. The Kier molecular flexibility index (Phi) is 5.06. The highest BCUT2D eigenvalue weighted by Gasteiger charge is 2.26. The summed E-state index contributed by atoms with van der Waals surface area (Å²) in [6.07, 6.45) is 0. The second-order valence-corrected chi connectivity index (χ2v) is 12.1. The van der Waals surface area contributed by atoms with Crippen molar-refractivity contribution < 1.29 is 0 Å². The fraction of sp³-hybridized carbons (Fsp3) is 0. The normalized spacial score (nSPS) is 12.0. The van der Waals surface area contributed by atoms with Gasteiger partial charge in [-0.05, 0) is 96.4 Å². The first-order valence-corrected chi connectivity index (χ1v) is 15.6. The summed E-state index contributed by atoms with van der Waals surface area (Å²) >= 11 is 0. The third-order valence-corrected chi connectivity index (χ3v) is 9.68. The van der Waals surface area contributed by atoms with E-state index in [1.807, 2.05) is 0 Å². The molecule has 1 heterocycles. The molecule has 1 aliphatic rings. The molecule has 0 radical (unpaired) electrons. The van der Waals surface area contributed by atoms with Gasteiger partial charge in [-0.3, -0.25) is 0 Å². The van der Waals surface area contributed by atoms with Crippen LogP contribution in [-0.4, -0.2) is 4.57 Å². The zero-order valence-electron chi connectivity index (χ0n) is 24.5. The first-order valence-electron chi connectivity index (χ1n) is 15.6. The molecule has 0 saturated heterocycles. The van der Waals surface area contributed by atoms with Gasteiger partial charge in [-0.1, -0.05) is 133 Å². The van der Waals surface area contributed by atoms with Gasteiger partial charge in [-0.25, -0.2) is 0 Å². The van der Waals surface area contributed by atoms with E-state index in [1.54, 1.807) is 0 Å². The number of aromatic nitrogens is 1. The van der Waals surface area contributed by atoms with E-state index in [0.29, 0.717) is 0 Å². The minimum Gasteiger partial charge on any atom is -0.309 e. The monoisotopic (exact) mass is 569 g/mol. The van der Waals surface area contributed by atoms with Gasteiger partial charge in [0.1, 0.15) is 0 Å². The minimum absolute atomic E-state index is 1.17. The van der Waals surface area contributed by atoms with Crippen molar-refractivity contribution in [1.29, 1.82) is 0 Å². The number of rotatable bonds is 3. The summed E-state index contributed by atoms with van der Waals surface area (Å²) in [6, 6.07) is 60.2. The highest BCUT2D eigenvalue weighted by molar-refractivity contribution is 6.33. The zero-order valence-corrected chi connectivity index (χ0v) is 24.5. The average molecular weight is 570 g/mol. The van der Waals surface area contributed by atoms with E-state index in [-0.39, 0.29) is 0 Å². The standard InChI is InChI=1S/C44H27N/c1-3-12-28(13-4-1)31-24-32(29-14-5-2-6-15-29)26-33(25-31)45-40-23-22-30-16-7-8-17-34(30)43(40)44-38-21-11-20-37-35-18-9-10-19-36(35)39(42(37)38)27-41(44)45/h1-27H. The molecule has 0 N–H and O–H groups in total. The minimum atomic E-state index is 1.17. The van der Waals surface area contributed by atoms with Crippen LogP contribution in [0.4, 0.5) is 0 Å². The van der Waals surface area contributed by atoms with Crippen LogP contribution in [0.1, 0.15) is 0 Å². The zero-order chi connectivity index (χ0) is 29.5. The summed E-state index contributed by atoms with van der Waals surface area (Å²) in [4.78, 5) is 0. The Morgan fingerprint density at radius 3 is 1.62 bits per heavy atom. The van der Waals surface area contributed by atoms with E-state index < -0.39 is 0 Å². The molecule has 45 heavy (non-hydrogen) atoms. The highest BCUT2D eigenvalue weighted by atomic mass is 15.0. The molecular weight excluding hydrogens is 542 g/mol. The second kappa shape index (κ2) is 9.29. The van der Waals surface area contributed by atoms with Crippen LogP contribution in [-0.2, 0) is 0 Å². The van der Waals surface area contributed by atoms with Crippen LogP contribution in [0.2, 0.25) is 0 Å². The third kappa shape index (κ3) is 3.50. The van der Waals surface area contributed by atoms with E-state index in [2.05, 4.69) is 168 Å². The third-order valence-electron chi connectivity index (χ3n) is 9.68. The van der Waals surface area contributed by atoms with Gasteiger partial charge in [0, 0.05) is 16.5 Å². The van der Waals surface area contributed by atoms with Crippen molar-refractivity contribution in [2.75, 3.05) is 0 Å². The molecule has 9 aromatic rings. The average Bonchev–Trinajstić information content (AvgIpc) is 3.63. The van der Waals surface area contributed by atoms with Crippen LogP contribution < -0.4 is 0 Å². The van der Waals surface area contributed by atoms with Crippen molar-refractivity contribution in [3.8, 4) is 50.2 Å². The van der Waals surface area contributed by atoms with Crippen molar-refractivity contribution in [2.45, 2.75) is 0 Å². The van der Waals surface area contributed by atoms with Gasteiger partial charge in [0.15, 0.2) is 0 Å². The van der Waals surface area contributed by atoms with Gasteiger partial charge in [0.2, 0.25) is 0 Å². The van der Waals surface area contributed by atoms with Crippen molar-refractivity contribution in [2.24, 2.45) is 0 Å². The molecule has 1 nitrogen and oxygen atoms in total. The molecule has 0 unspecified atom stereocenters. The maximum atomic E-state index is 2.51. The Morgan fingerprint density at radius 2 is 0.889 bits per heavy atom. The molecule has 0 saturated carbocycles. The van der Waals surface area contributed by atoms with Crippen molar-refractivity contribution >= 4 is 43.4 Å². The molecule has 1 aliphatic carbocycles. The molecule has 0 spiro atoms. The maximum absolute atomic E-state index is 2.51. The molecule has 0 fully saturated rings. The molecule has 0 atom stereocenters. The van der Waals surface area contributed by atoms with Gasteiger partial charge in [-0.2, -0.15) is 0 Å². The highest BCUT2D eigenvalue weighted by Crippen LogP contribution is 2.52. The maximum Gasteiger partial charge on any atom is 0.0553 e. The lowest BCUT2D eigenvalue weighted by Gasteiger charge is -2.15. The number of nitrogens with zero attached hydrogens (tertiary/aromatic N) is 1. The Morgan fingerprint density at radius 1 is 0.311 bits per heavy atom. The van der Waals surface area contributed by atoms with Gasteiger partial charge >= 0.3 is 0 Å². The number of hydrogen-bond donors (Lipinski definition) is 0. The van der Waals surface area contributed by atoms with Crippen LogP contribution >= 0.6 is 0 Å². The topological polar surface area (TPSA) is 4.93 Å². The summed E-state index contributed by atoms with van der Waals surface area (Å²) in [5.41, 5.74) is 13.8. The molecule has 0 amide bonds. The SMILES string of the molecule is c1ccc(-c2cc(-c3ccccc3)cc(-n3c4ccc5ccccc5c4c4c5cccc6c5c(cc43)-c3ccccc3-6)c2)cc1. The predicted molar refractivity (Wildman–Crippen MR) is 191 cm³/mol. The number of benzene rings is 8. The van der Waals surface area contributed by atoms with Crippen molar-refractivity contribution in [3.05, 3.63) is 164 Å². The second-order valence-electron chi connectivity index (χ2n) is 12.1. The smallest absolute Gasteiger partial charge is 0.0553 e. The van der Waals surface area contributed by atoms with Crippen molar-refractivity contribution in [1.82, 2.24) is 4.57 Å². The van der Waals surface area contributed by atoms with E-state index in [1.165, 1.54) is 93.5 Å². The fourth-order valence-electron chi connectivity index (χ4n) is 7.75. The number of hydrogen-bond acceptors (Lipinski definition) is 0. The van der Waals surface area contributed by atoms with Gasteiger partial charge in [0.25, 0.3) is 0 Å². The van der Waals surface area contributed by atoms with Gasteiger partial charge in [-0.15, -0.1) is 0 Å². The Labute approximate surface area is 261 Å². The molecule has 8 aromatic carbocycles. The van der Waals surface area contributed by atoms with Crippen LogP contribution in [0.3, 0.4) is 0 Å². The van der Waals surface area contributed by atoms with Crippen LogP contribution in [0.5, 0.6) is 0 Å². The molecule has 1 heteroatoms. The van der Waals surface area contributed by atoms with E-state index in [4.69, 9.17) is 0 Å². The van der Waals surface area contributed by atoms with Gasteiger partial charge < -0.3 is 4.57 Å². The molecule has 10 rings (SSSR count). The Balaban J connectivity index is 1.40. The van der Waals surface area contributed by atoms with Crippen molar-refractivity contribution in [3.63, 3.8) is 0 Å². The lowest BCUT2D eigenvalue weighted by molar-refractivity contribution is 1.18. The van der Waals surface area contributed by atoms with E-state index in [0.717, 1.165) is 0 Å². The molecule has 1 aromatic heterocycles. The van der Waals surface area contributed by atoms with Gasteiger partial charge in [0.05, 0.1) is 11.0 Å². The Bertz CT molecular complexity index is 2570. The number of fused-ring (bicyclic) bond motifs is 9. The Hall–Kier alpha value is -5.92. The van der Waals surface area contributed by atoms with Crippen LogP contribution in [0.15, 0.2) is 164 Å². The van der Waals surface area contributed by atoms with Crippen LogP contribution in [0, 0.1) is 0 Å². The summed E-state index contributed by atoms with van der Waals surface area (Å²) in [6.45, 7) is 0. The van der Waals surface area contributed by atoms with E-state index >= 15 is 0 Å². The summed E-state index contributed by atoms with van der Waals surface area (Å²) in [5, 5.41) is 7.87. The summed E-state index contributed by atoms with van der Waals surface area (Å²) in [5.74, 6) is 0. The quantitative estimate of drug-likeness (QED) is 0.199. The summed E-state index contributed by atoms with van der Waals surface area (Å²) in [7, 11) is 0. The molecule has 0 aliphatic heterocycles. The lowest BCUT2D eigenvalue weighted by Crippen LogP contribution is -1.96. The lowest BCUT2D eigenvalue weighted by atomic mass is 9.96. The molecule has 0 bridgehead atoms. The summed E-state index contributed by atoms with van der Waals surface area (Å²) < 4.78 is 2.51. The first kappa shape index (κ1) is 24.5. The fourth-order valence-corrected chi connectivity index (χ4v) is 7.75. The first-order chi connectivity index (χ1) is 22.3. The predicted octanol–water partition coefficient (Wildman–Crippen LogP) is 12.1.